The summed E-state index contributed by atoms with van der Waals surface area (Å²) in [4.78, 5) is 12.4. The van der Waals surface area contributed by atoms with Gasteiger partial charge in [0.25, 0.3) is 5.91 Å². The Kier molecular flexibility index (Phi) is 8.13. The monoisotopic (exact) mass is 487 g/mol. The highest BCUT2D eigenvalue weighted by Crippen LogP contribution is 2.28. The first-order valence-corrected chi connectivity index (χ1v) is 12.0. The van der Waals surface area contributed by atoms with E-state index in [1.54, 1.807) is 13.3 Å². The normalized spacial score (nSPS) is 10.9. The van der Waals surface area contributed by atoms with Gasteiger partial charge in [0.2, 0.25) is 0 Å². The lowest BCUT2D eigenvalue weighted by atomic mass is 10.2. The second-order valence-electron chi connectivity index (χ2n) is 7.29. The van der Waals surface area contributed by atoms with Crippen molar-refractivity contribution in [2.75, 3.05) is 19.5 Å². The second kappa shape index (κ2) is 11.8. The number of hydrogen-bond acceptors (Lipinski definition) is 7. The summed E-state index contributed by atoms with van der Waals surface area (Å²) in [7, 11) is 1.61. The Labute approximate surface area is 208 Å². The van der Waals surface area contributed by atoms with Crippen LogP contribution >= 0.6 is 11.8 Å². The largest absolute Gasteiger partial charge is 0.497 e. The van der Waals surface area contributed by atoms with Crippen LogP contribution in [0.25, 0.3) is 17.1 Å². The summed E-state index contributed by atoms with van der Waals surface area (Å²) < 4.78 is 12.6. The van der Waals surface area contributed by atoms with Gasteiger partial charge in [-0.1, -0.05) is 42.1 Å². The minimum absolute atomic E-state index is 0.129. The van der Waals surface area contributed by atoms with Gasteiger partial charge in [-0.05, 0) is 61.0 Å². The number of benzene rings is 3. The molecule has 4 rings (SSSR count). The number of hydrazone groups is 1. The van der Waals surface area contributed by atoms with Crippen molar-refractivity contribution in [3.63, 3.8) is 0 Å². The maximum Gasteiger partial charge on any atom is 0.250 e. The third-order valence-corrected chi connectivity index (χ3v) is 5.85. The smallest absolute Gasteiger partial charge is 0.250 e. The number of ether oxygens (including phenoxy) is 2. The molecule has 0 atom stereocenters. The van der Waals surface area contributed by atoms with Crippen LogP contribution in [0.5, 0.6) is 11.5 Å². The maximum atomic E-state index is 12.4. The Bertz CT molecular complexity index is 1270. The number of aromatic nitrogens is 3. The number of carbonyl (C=O) groups is 1. The van der Waals surface area contributed by atoms with Crippen LogP contribution in [0.3, 0.4) is 0 Å². The van der Waals surface area contributed by atoms with Gasteiger partial charge in [0.1, 0.15) is 11.5 Å². The molecule has 0 spiro atoms. The molecule has 0 saturated carbocycles. The van der Waals surface area contributed by atoms with Crippen LogP contribution in [-0.2, 0) is 4.79 Å². The summed E-state index contributed by atoms with van der Waals surface area (Å²) in [5.41, 5.74) is 5.20. The number of carbonyl (C=O) groups excluding carboxylic acids is 1. The molecule has 0 unspecified atom stereocenters. The summed E-state index contributed by atoms with van der Waals surface area (Å²) in [6.45, 7) is 2.54. The lowest BCUT2D eigenvalue weighted by Crippen LogP contribution is -2.20. The summed E-state index contributed by atoms with van der Waals surface area (Å²) in [6, 6.07) is 24.9. The standard InChI is InChI=1S/C26H25N5O3S/c1-3-34-23-15-11-21(12-16-23)31-25(20-7-5-4-6-8-20)29-30-26(31)35-18-24(32)28-27-17-19-9-13-22(33-2)14-10-19/h4-17H,3,18H2,1-2H3,(H,28,32)/b27-17-. The molecular weight excluding hydrogens is 462 g/mol. The molecule has 1 heterocycles. The molecule has 3 aromatic carbocycles. The van der Waals surface area contributed by atoms with Crippen molar-refractivity contribution < 1.29 is 14.3 Å². The van der Waals surface area contributed by atoms with E-state index in [-0.39, 0.29) is 11.7 Å². The van der Waals surface area contributed by atoms with Gasteiger partial charge in [0, 0.05) is 11.3 Å². The molecule has 0 aliphatic carbocycles. The average Bonchev–Trinajstić information content (AvgIpc) is 3.33. The summed E-state index contributed by atoms with van der Waals surface area (Å²) in [6.07, 6.45) is 1.58. The number of rotatable bonds is 10. The lowest BCUT2D eigenvalue weighted by molar-refractivity contribution is -0.118. The Balaban J connectivity index is 1.48. The first-order chi connectivity index (χ1) is 17.2. The highest BCUT2D eigenvalue weighted by Gasteiger charge is 2.17. The average molecular weight is 488 g/mol. The molecule has 178 valence electrons. The van der Waals surface area contributed by atoms with Crippen molar-refractivity contribution in [3.05, 3.63) is 84.4 Å². The zero-order chi connectivity index (χ0) is 24.5. The molecule has 8 nitrogen and oxygen atoms in total. The molecule has 0 aliphatic heterocycles. The van der Waals surface area contributed by atoms with Crippen molar-refractivity contribution in [1.82, 2.24) is 20.2 Å². The Morgan fingerprint density at radius 1 is 1.00 bits per heavy atom. The van der Waals surface area contributed by atoms with Crippen LogP contribution in [-0.4, -0.2) is 46.4 Å². The molecule has 0 fully saturated rings. The number of nitrogens with one attached hydrogen (secondary N) is 1. The Morgan fingerprint density at radius 3 is 2.40 bits per heavy atom. The van der Waals surface area contributed by atoms with E-state index >= 15 is 0 Å². The third-order valence-electron chi connectivity index (χ3n) is 4.92. The van der Waals surface area contributed by atoms with Crippen LogP contribution in [0.4, 0.5) is 0 Å². The summed E-state index contributed by atoms with van der Waals surface area (Å²) in [5, 5.41) is 13.4. The fourth-order valence-corrected chi connectivity index (χ4v) is 4.00. The molecule has 1 N–H and O–H groups in total. The van der Waals surface area contributed by atoms with E-state index in [4.69, 9.17) is 9.47 Å². The summed E-state index contributed by atoms with van der Waals surface area (Å²) in [5.74, 6) is 2.12. The minimum atomic E-state index is -0.248. The Morgan fingerprint density at radius 2 is 1.71 bits per heavy atom. The summed E-state index contributed by atoms with van der Waals surface area (Å²) >= 11 is 1.29. The predicted octanol–water partition coefficient (Wildman–Crippen LogP) is 4.58. The second-order valence-corrected chi connectivity index (χ2v) is 8.23. The zero-order valence-corrected chi connectivity index (χ0v) is 20.2. The Hall–Kier alpha value is -4.11. The molecule has 4 aromatic rings. The number of thioether (sulfide) groups is 1. The third kappa shape index (κ3) is 6.27. The minimum Gasteiger partial charge on any atom is -0.497 e. The number of amides is 1. The quantitative estimate of drug-likeness (QED) is 0.200. The van der Waals surface area contributed by atoms with Crippen molar-refractivity contribution >= 4 is 23.9 Å². The van der Waals surface area contributed by atoms with E-state index in [9.17, 15) is 4.79 Å². The van der Waals surface area contributed by atoms with E-state index in [1.165, 1.54) is 11.8 Å². The fourth-order valence-electron chi connectivity index (χ4n) is 3.26. The molecule has 0 radical (unpaired) electrons. The highest BCUT2D eigenvalue weighted by molar-refractivity contribution is 7.99. The fraction of sp³-hybridized carbons (Fsp3) is 0.154. The van der Waals surface area contributed by atoms with Crippen LogP contribution < -0.4 is 14.9 Å². The zero-order valence-electron chi connectivity index (χ0n) is 19.4. The first-order valence-electron chi connectivity index (χ1n) is 11.0. The number of nitrogens with zero attached hydrogens (tertiary/aromatic N) is 4. The molecular formula is C26H25N5O3S. The first kappa shape index (κ1) is 24.0. The van der Waals surface area contributed by atoms with Crippen molar-refractivity contribution in [1.29, 1.82) is 0 Å². The number of hydrogen-bond donors (Lipinski definition) is 1. The highest BCUT2D eigenvalue weighted by atomic mass is 32.2. The van der Waals surface area contributed by atoms with Gasteiger partial charge in [0.05, 0.1) is 25.7 Å². The van der Waals surface area contributed by atoms with Gasteiger partial charge in [-0.15, -0.1) is 10.2 Å². The van der Waals surface area contributed by atoms with Crippen LogP contribution in [0.1, 0.15) is 12.5 Å². The van der Waals surface area contributed by atoms with E-state index in [0.717, 1.165) is 28.3 Å². The van der Waals surface area contributed by atoms with Gasteiger partial charge in [-0.25, -0.2) is 5.43 Å². The lowest BCUT2D eigenvalue weighted by Gasteiger charge is -2.11. The van der Waals surface area contributed by atoms with Gasteiger partial charge < -0.3 is 9.47 Å². The molecule has 0 aliphatic rings. The molecule has 35 heavy (non-hydrogen) atoms. The molecule has 1 amide bonds. The van der Waals surface area contributed by atoms with E-state index in [2.05, 4.69) is 20.7 Å². The topological polar surface area (TPSA) is 90.6 Å². The molecule has 1 aromatic heterocycles. The maximum absolute atomic E-state index is 12.4. The van der Waals surface area contributed by atoms with Crippen molar-refractivity contribution in [3.8, 4) is 28.6 Å². The molecule has 9 heteroatoms. The van der Waals surface area contributed by atoms with E-state index in [0.29, 0.717) is 17.6 Å². The number of methoxy groups -OCH3 is 1. The predicted molar refractivity (Wildman–Crippen MR) is 137 cm³/mol. The molecule has 0 saturated heterocycles. The van der Waals surface area contributed by atoms with Gasteiger partial charge in [-0.2, -0.15) is 5.10 Å². The van der Waals surface area contributed by atoms with Gasteiger partial charge >= 0.3 is 0 Å². The SMILES string of the molecule is CCOc1ccc(-n2c(SCC(=O)N/N=C\c3ccc(OC)cc3)nnc2-c2ccccc2)cc1. The van der Waals surface area contributed by atoms with Crippen LogP contribution in [0, 0.1) is 0 Å². The van der Waals surface area contributed by atoms with Crippen LogP contribution in [0.15, 0.2) is 89.1 Å². The van der Waals surface area contributed by atoms with Crippen LogP contribution in [0.2, 0.25) is 0 Å². The van der Waals surface area contributed by atoms with E-state index < -0.39 is 0 Å². The van der Waals surface area contributed by atoms with Crippen molar-refractivity contribution in [2.24, 2.45) is 5.10 Å². The molecule has 0 bridgehead atoms. The van der Waals surface area contributed by atoms with E-state index in [1.807, 2.05) is 90.4 Å². The van der Waals surface area contributed by atoms with Crippen molar-refractivity contribution in [2.45, 2.75) is 12.1 Å². The van der Waals surface area contributed by atoms with Gasteiger partial charge in [-0.3, -0.25) is 9.36 Å². The van der Waals surface area contributed by atoms with Gasteiger partial charge in [0.15, 0.2) is 11.0 Å².